The molecule has 0 aliphatic carbocycles. The molecule has 3 heteroatoms. The molecule has 0 unspecified atom stereocenters. The summed E-state index contributed by atoms with van der Waals surface area (Å²) in [5, 5.41) is 1.68. The first-order chi connectivity index (χ1) is 6.02. The minimum absolute atomic E-state index is 0.254. The Morgan fingerprint density at radius 1 is 1.31 bits per heavy atom. The molecule has 13 heavy (non-hydrogen) atoms. The maximum Gasteiger partial charge on any atom is 0.0752 e. The molecule has 0 saturated carbocycles. The number of nitrogens with two attached hydrogens (primary N) is 2. The molecular formula is C10H17N3. The SMILES string of the molecule is Cc1ccc(N)c(N(N)C(C)C)c1. The van der Waals surface area contributed by atoms with E-state index in [-0.39, 0.29) is 6.04 Å². The molecule has 0 fully saturated rings. The molecule has 0 spiro atoms. The number of nitrogens with zero attached hydrogens (tertiary/aromatic N) is 1. The van der Waals surface area contributed by atoms with E-state index in [0.717, 1.165) is 11.4 Å². The van der Waals surface area contributed by atoms with Crippen LogP contribution in [0.25, 0.3) is 0 Å². The molecule has 0 atom stereocenters. The maximum atomic E-state index is 5.86. The van der Waals surface area contributed by atoms with E-state index in [1.54, 1.807) is 5.01 Å². The van der Waals surface area contributed by atoms with Crippen molar-refractivity contribution in [3.63, 3.8) is 0 Å². The first kappa shape index (κ1) is 9.86. The highest BCUT2D eigenvalue weighted by Gasteiger charge is 2.08. The van der Waals surface area contributed by atoms with Gasteiger partial charge in [0.25, 0.3) is 0 Å². The number of benzene rings is 1. The van der Waals surface area contributed by atoms with Gasteiger partial charge in [-0.15, -0.1) is 0 Å². The van der Waals surface area contributed by atoms with Crippen LogP contribution in [0.4, 0.5) is 11.4 Å². The number of anilines is 2. The molecule has 0 aromatic heterocycles. The van der Waals surface area contributed by atoms with Crippen molar-refractivity contribution in [2.75, 3.05) is 10.7 Å². The smallest absolute Gasteiger partial charge is 0.0752 e. The standard InChI is InChI=1S/C10H17N3/c1-7(2)13(12)10-6-8(3)4-5-9(10)11/h4-7H,11-12H2,1-3H3. The van der Waals surface area contributed by atoms with E-state index in [0.29, 0.717) is 0 Å². The van der Waals surface area contributed by atoms with E-state index in [1.165, 1.54) is 5.56 Å². The average Bonchev–Trinajstić information content (AvgIpc) is 2.08. The van der Waals surface area contributed by atoms with Crippen molar-refractivity contribution in [1.29, 1.82) is 0 Å². The molecule has 72 valence electrons. The third kappa shape index (κ3) is 2.12. The summed E-state index contributed by atoms with van der Waals surface area (Å²) >= 11 is 0. The molecule has 0 aliphatic rings. The van der Waals surface area contributed by atoms with Gasteiger partial charge < -0.3 is 10.7 Å². The summed E-state index contributed by atoms with van der Waals surface area (Å²) in [6, 6.07) is 6.11. The Labute approximate surface area is 79.3 Å². The van der Waals surface area contributed by atoms with E-state index < -0.39 is 0 Å². The predicted octanol–water partition coefficient (Wildman–Crippen LogP) is 1.67. The van der Waals surface area contributed by atoms with E-state index in [1.807, 2.05) is 39.0 Å². The molecule has 1 aromatic rings. The predicted molar refractivity (Wildman–Crippen MR) is 57.4 cm³/mol. The first-order valence-electron chi connectivity index (χ1n) is 4.42. The van der Waals surface area contributed by atoms with Crippen LogP contribution < -0.4 is 16.6 Å². The number of nitrogen functional groups attached to an aromatic ring is 1. The lowest BCUT2D eigenvalue weighted by Gasteiger charge is -2.24. The molecule has 0 radical (unpaired) electrons. The van der Waals surface area contributed by atoms with Crippen LogP contribution in [0, 0.1) is 6.92 Å². The van der Waals surface area contributed by atoms with Crippen LogP contribution in [0.5, 0.6) is 0 Å². The van der Waals surface area contributed by atoms with Gasteiger partial charge in [-0.2, -0.15) is 0 Å². The van der Waals surface area contributed by atoms with Crippen molar-refractivity contribution < 1.29 is 0 Å². The monoisotopic (exact) mass is 179 g/mol. The Hall–Kier alpha value is -1.22. The van der Waals surface area contributed by atoms with Crippen LogP contribution in [0.2, 0.25) is 0 Å². The molecule has 3 nitrogen and oxygen atoms in total. The average molecular weight is 179 g/mol. The van der Waals surface area contributed by atoms with Gasteiger partial charge >= 0.3 is 0 Å². The normalized spacial score (nSPS) is 10.5. The van der Waals surface area contributed by atoms with Crippen LogP contribution in [0.15, 0.2) is 18.2 Å². The van der Waals surface area contributed by atoms with Gasteiger partial charge in [0.05, 0.1) is 11.4 Å². The van der Waals surface area contributed by atoms with Crippen LogP contribution in [-0.4, -0.2) is 6.04 Å². The van der Waals surface area contributed by atoms with Crippen molar-refractivity contribution in [3.05, 3.63) is 23.8 Å². The molecule has 0 heterocycles. The Morgan fingerprint density at radius 2 is 1.92 bits per heavy atom. The van der Waals surface area contributed by atoms with Crippen LogP contribution in [0.3, 0.4) is 0 Å². The molecule has 4 N–H and O–H groups in total. The van der Waals surface area contributed by atoms with Gasteiger partial charge in [0, 0.05) is 6.04 Å². The summed E-state index contributed by atoms with van der Waals surface area (Å²) in [5.41, 5.74) is 8.60. The second-order valence-electron chi connectivity index (χ2n) is 3.56. The van der Waals surface area contributed by atoms with E-state index in [9.17, 15) is 0 Å². The number of hydrogen-bond acceptors (Lipinski definition) is 3. The molecule has 0 saturated heterocycles. The van der Waals surface area contributed by atoms with Crippen LogP contribution in [0.1, 0.15) is 19.4 Å². The van der Waals surface area contributed by atoms with E-state index in [4.69, 9.17) is 11.6 Å². The largest absolute Gasteiger partial charge is 0.397 e. The zero-order chi connectivity index (χ0) is 10.0. The second kappa shape index (κ2) is 3.66. The molecule has 1 rings (SSSR count). The molecule has 0 amide bonds. The number of aryl methyl sites for hydroxylation is 1. The summed E-state index contributed by atoms with van der Waals surface area (Å²) in [7, 11) is 0. The lowest BCUT2D eigenvalue weighted by Crippen LogP contribution is -2.37. The second-order valence-corrected chi connectivity index (χ2v) is 3.56. The van der Waals surface area contributed by atoms with Gasteiger partial charge in [-0.05, 0) is 38.5 Å². The summed E-state index contributed by atoms with van der Waals surface area (Å²) in [5.74, 6) is 5.86. The molecule has 0 aliphatic heterocycles. The van der Waals surface area contributed by atoms with Gasteiger partial charge in [-0.3, -0.25) is 0 Å². The van der Waals surface area contributed by atoms with E-state index in [2.05, 4.69) is 0 Å². The highest BCUT2D eigenvalue weighted by atomic mass is 15.4. The number of hydrogen-bond donors (Lipinski definition) is 2. The minimum atomic E-state index is 0.254. The fraction of sp³-hybridized carbons (Fsp3) is 0.400. The quantitative estimate of drug-likeness (QED) is 0.412. The Kier molecular flexibility index (Phi) is 2.78. The third-order valence-corrected chi connectivity index (χ3v) is 2.02. The zero-order valence-electron chi connectivity index (χ0n) is 8.41. The maximum absolute atomic E-state index is 5.86. The van der Waals surface area contributed by atoms with Crippen LogP contribution in [-0.2, 0) is 0 Å². The van der Waals surface area contributed by atoms with Crippen molar-refractivity contribution in [3.8, 4) is 0 Å². The fourth-order valence-electron chi connectivity index (χ4n) is 1.16. The van der Waals surface area contributed by atoms with Gasteiger partial charge in [0.15, 0.2) is 0 Å². The number of rotatable bonds is 2. The Morgan fingerprint density at radius 3 is 2.46 bits per heavy atom. The summed E-state index contributed by atoms with van der Waals surface area (Å²) < 4.78 is 0. The van der Waals surface area contributed by atoms with Crippen molar-refractivity contribution in [1.82, 2.24) is 0 Å². The minimum Gasteiger partial charge on any atom is -0.397 e. The first-order valence-corrected chi connectivity index (χ1v) is 4.42. The summed E-state index contributed by atoms with van der Waals surface area (Å²) in [4.78, 5) is 0. The van der Waals surface area contributed by atoms with Crippen molar-refractivity contribution in [2.24, 2.45) is 5.84 Å². The highest BCUT2D eigenvalue weighted by molar-refractivity contribution is 5.68. The van der Waals surface area contributed by atoms with Crippen molar-refractivity contribution >= 4 is 11.4 Å². The lowest BCUT2D eigenvalue weighted by molar-refractivity contribution is 0.712. The molecular weight excluding hydrogens is 162 g/mol. The van der Waals surface area contributed by atoms with E-state index >= 15 is 0 Å². The summed E-state index contributed by atoms with van der Waals surface area (Å²) in [6.45, 7) is 6.08. The molecule has 0 bridgehead atoms. The van der Waals surface area contributed by atoms with Crippen molar-refractivity contribution in [2.45, 2.75) is 26.8 Å². The van der Waals surface area contributed by atoms with Gasteiger partial charge in [0.2, 0.25) is 0 Å². The topological polar surface area (TPSA) is 55.3 Å². The van der Waals surface area contributed by atoms with Crippen LogP contribution >= 0.6 is 0 Å². The number of hydrazine groups is 1. The highest BCUT2D eigenvalue weighted by Crippen LogP contribution is 2.23. The Balaban J connectivity index is 3.05. The molecule has 1 aromatic carbocycles. The summed E-state index contributed by atoms with van der Waals surface area (Å²) in [6.07, 6.45) is 0. The van der Waals surface area contributed by atoms with Gasteiger partial charge in [-0.25, -0.2) is 5.84 Å². The lowest BCUT2D eigenvalue weighted by atomic mass is 10.2. The third-order valence-electron chi connectivity index (χ3n) is 2.02. The van der Waals surface area contributed by atoms with Gasteiger partial charge in [-0.1, -0.05) is 6.07 Å². The zero-order valence-corrected chi connectivity index (χ0v) is 8.41. The Bertz CT molecular complexity index is 294. The fourth-order valence-corrected chi connectivity index (χ4v) is 1.16. The van der Waals surface area contributed by atoms with Gasteiger partial charge in [0.1, 0.15) is 0 Å².